The molecule has 0 atom stereocenters. The summed E-state index contributed by atoms with van der Waals surface area (Å²) in [5, 5.41) is 4.93. The van der Waals surface area contributed by atoms with E-state index in [4.69, 9.17) is 10.9 Å². The lowest BCUT2D eigenvalue weighted by atomic mass is 10.1. The van der Waals surface area contributed by atoms with E-state index in [0.717, 1.165) is 11.1 Å². The molecule has 0 aliphatic carbocycles. The summed E-state index contributed by atoms with van der Waals surface area (Å²) in [5.41, 5.74) is 7.39. The molecule has 0 fully saturated rings. The van der Waals surface area contributed by atoms with Crippen LogP contribution in [0.2, 0.25) is 0 Å². The molecule has 17 heavy (non-hydrogen) atoms. The van der Waals surface area contributed by atoms with Crippen LogP contribution in [0.5, 0.6) is 0 Å². The minimum absolute atomic E-state index is 0.290. The average Bonchev–Trinajstić information content (AvgIpc) is 2.25. The number of hydrogen-bond donors (Lipinski definition) is 3. The quantitative estimate of drug-likeness (QED) is 0.670. The molecule has 0 spiro atoms. The molecule has 0 bridgehead atoms. The van der Waals surface area contributed by atoms with Crippen LogP contribution < -0.4 is 15.6 Å². The van der Waals surface area contributed by atoms with E-state index >= 15 is 0 Å². The zero-order chi connectivity index (χ0) is 12.9. The Kier molecular flexibility index (Phi) is 4.52. The van der Waals surface area contributed by atoms with Gasteiger partial charge in [0.2, 0.25) is 0 Å². The molecule has 0 aromatic heterocycles. The van der Waals surface area contributed by atoms with Gasteiger partial charge in [0.1, 0.15) is 0 Å². The van der Waals surface area contributed by atoms with Crippen molar-refractivity contribution in [3.05, 3.63) is 29.3 Å². The van der Waals surface area contributed by atoms with Crippen LogP contribution in [0.3, 0.4) is 0 Å². The summed E-state index contributed by atoms with van der Waals surface area (Å²) in [5.74, 6) is 5.62. The third kappa shape index (κ3) is 4.44. The van der Waals surface area contributed by atoms with Crippen LogP contribution in [0.25, 0.3) is 0 Å². The first-order valence-electron chi connectivity index (χ1n) is 5.08. The molecule has 1 rings (SSSR count). The summed E-state index contributed by atoms with van der Waals surface area (Å²) in [6, 6.07) is 5.18. The molecule has 0 saturated carbocycles. The van der Waals surface area contributed by atoms with E-state index in [-0.39, 0.29) is 0 Å². The molecule has 0 saturated heterocycles. The Hall–Kier alpha value is -1.55. The highest BCUT2D eigenvalue weighted by Gasteiger charge is 2.06. The minimum atomic E-state index is -3.75. The van der Waals surface area contributed by atoms with E-state index in [1.54, 1.807) is 12.1 Å². The number of anilines is 1. The van der Waals surface area contributed by atoms with E-state index in [1.165, 1.54) is 0 Å². The zero-order valence-corrected chi connectivity index (χ0v) is 10.3. The van der Waals surface area contributed by atoms with Gasteiger partial charge in [-0.3, -0.25) is 4.72 Å². The van der Waals surface area contributed by atoms with Crippen molar-refractivity contribution in [1.82, 2.24) is 0 Å². The standard InChI is InChI=1S/C11H15N3O2S/c1-2-10-8-9(4-3-7-12)5-6-11(10)14-17(13,15)16/h5-6,8,14H,2,7,12H2,1H3,(H2,13,15,16). The maximum absolute atomic E-state index is 10.9. The van der Waals surface area contributed by atoms with Gasteiger partial charge in [-0.25, -0.2) is 5.14 Å². The first kappa shape index (κ1) is 13.5. The molecular weight excluding hydrogens is 238 g/mol. The van der Waals surface area contributed by atoms with Crippen molar-refractivity contribution in [2.24, 2.45) is 10.9 Å². The maximum Gasteiger partial charge on any atom is 0.296 e. The summed E-state index contributed by atoms with van der Waals surface area (Å²) >= 11 is 0. The number of aryl methyl sites for hydroxylation is 1. The Labute approximate surface area is 101 Å². The van der Waals surface area contributed by atoms with E-state index < -0.39 is 10.2 Å². The second-order valence-corrected chi connectivity index (χ2v) is 4.67. The fourth-order valence-corrected chi connectivity index (χ4v) is 1.88. The molecule has 0 aliphatic rings. The zero-order valence-electron chi connectivity index (χ0n) is 9.53. The van der Waals surface area contributed by atoms with Gasteiger partial charge in [-0.05, 0) is 30.2 Å². The lowest BCUT2D eigenvalue weighted by molar-refractivity contribution is 0.603. The average molecular weight is 253 g/mol. The SMILES string of the molecule is CCc1cc(C#CCN)ccc1NS(N)(=O)=O. The summed E-state index contributed by atoms with van der Waals surface area (Å²) in [4.78, 5) is 0. The molecule has 92 valence electrons. The molecule has 0 radical (unpaired) electrons. The molecule has 5 nitrogen and oxygen atoms in total. The highest BCUT2D eigenvalue weighted by molar-refractivity contribution is 7.90. The number of rotatable bonds is 3. The number of benzene rings is 1. The van der Waals surface area contributed by atoms with Crippen molar-refractivity contribution in [3.8, 4) is 11.8 Å². The Bertz CT molecular complexity index is 556. The second-order valence-electron chi connectivity index (χ2n) is 3.38. The van der Waals surface area contributed by atoms with Crippen LogP contribution >= 0.6 is 0 Å². The molecule has 0 heterocycles. The Morgan fingerprint density at radius 2 is 2.12 bits per heavy atom. The lowest BCUT2D eigenvalue weighted by Gasteiger charge is -2.09. The number of nitrogens with one attached hydrogen (secondary N) is 1. The van der Waals surface area contributed by atoms with Gasteiger partial charge in [-0.15, -0.1) is 0 Å². The van der Waals surface area contributed by atoms with Crippen LogP contribution in [0.1, 0.15) is 18.1 Å². The Balaban J connectivity index is 3.09. The fourth-order valence-electron chi connectivity index (χ4n) is 1.37. The van der Waals surface area contributed by atoms with Crippen molar-refractivity contribution in [2.45, 2.75) is 13.3 Å². The van der Waals surface area contributed by atoms with Crippen molar-refractivity contribution in [2.75, 3.05) is 11.3 Å². The van der Waals surface area contributed by atoms with Crippen LogP contribution in [0, 0.1) is 11.8 Å². The predicted octanol–water partition coefficient (Wildman–Crippen LogP) is 0.175. The molecule has 5 N–H and O–H groups in total. The first-order valence-corrected chi connectivity index (χ1v) is 6.63. The molecule has 0 amide bonds. The molecule has 1 aromatic carbocycles. The van der Waals surface area contributed by atoms with Crippen LogP contribution in [0.15, 0.2) is 18.2 Å². The van der Waals surface area contributed by atoms with Crippen LogP contribution in [0.4, 0.5) is 5.69 Å². The monoisotopic (exact) mass is 253 g/mol. The van der Waals surface area contributed by atoms with Crippen molar-refractivity contribution in [1.29, 1.82) is 0 Å². The third-order valence-corrected chi connectivity index (χ3v) is 2.58. The van der Waals surface area contributed by atoms with Crippen molar-refractivity contribution in [3.63, 3.8) is 0 Å². The van der Waals surface area contributed by atoms with Crippen LogP contribution in [-0.4, -0.2) is 15.0 Å². The van der Waals surface area contributed by atoms with E-state index in [1.807, 2.05) is 13.0 Å². The van der Waals surface area contributed by atoms with E-state index in [9.17, 15) is 8.42 Å². The lowest BCUT2D eigenvalue weighted by Crippen LogP contribution is -2.22. The summed E-state index contributed by atoms with van der Waals surface area (Å²) in [6.45, 7) is 2.21. The Morgan fingerprint density at radius 1 is 1.41 bits per heavy atom. The number of nitrogens with two attached hydrogens (primary N) is 2. The molecular formula is C11H15N3O2S. The van der Waals surface area contributed by atoms with Crippen LogP contribution in [-0.2, 0) is 16.6 Å². The fraction of sp³-hybridized carbons (Fsp3) is 0.273. The summed E-state index contributed by atoms with van der Waals surface area (Å²) < 4.78 is 24.2. The van der Waals surface area contributed by atoms with Gasteiger partial charge in [0.15, 0.2) is 0 Å². The molecule has 1 aromatic rings. The maximum atomic E-state index is 10.9. The summed E-state index contributed by atoms with van der Waals surface area (Å²) in [7, 11) is -3.75. The van der Waals surface area contributed by atoms with Crippen molar-refractivity contribution < 1.29 is 8.42 Å². The van der Waals surface area contributed by atoms with E-state index in [0.29, 0.717) is 18.7 Å². The van der Waals surface area contributed by atoms with Gasteiger partial charge in [-0.1, -0.05) is 18.8 Å². The molecule has 6 heteroatoms. The van der Waals surface area contributed by atoms with Gasteiger partial charge in [0.05, 0.1) is 12.2 Å². The largest absolute Gasteiger partial charge is 0.320 e. The molecule has 0 unspecified atom stereocenters. The van der Waals surface area contributed by atoms with Crippen molar-refractivity contribution >= 4 is 15.9 Å². The second kappa shape index (κ2) is 5.68. The highest BCUT2D eigenvalue weighted by Crippen LogP contribution is 2.18. The topological polar surface area (TPSA) is 98.2 Å². The Morgan fingerprint density at radius 3 is 2.65 bits per heavy atom. The predicted molar refractivity (Wildman–Crippen MR) is 68.5 cm³/mol. The van der Waals surface area contributed by atoms with Gasteiger partial charge < -0.3 is 5.73 Å². The van der Waals surface area contributed by atoms with E-state index in [2.05, 4.69) is 16.6 Å². The van der Waals surface area contributed by atoms with Gasteiger partial charge >= 0.3 is 0 Å². The first-order chi connectivity index (χ1) is 7.96. The van der Waals surface area contributed by atoms with Gasteiger partial charge in [-0.2, -0.15) is 8.42 Å². The third-order valence-electron chi connectivity index (χ3n) is 2.07. The molecule has 0 aliphatic heterocycles. The van der Waals surface area contributed by atoms with Gasteiger partial charge in [0, 0.05) is 5.56 Å². The normalized spacial score (nSPS) is 10.5. The number of hydrogen-bond acceptors (Lipinski definition) is 3. The summed E-state index contributed by atoms with van der Waals surface area (Å²) in [6.07, 6.45) is 0.677. The highest BCUT2D eigenvalue weighted by atomic mass is 32.2. The van der Waals surface area contributed by atoms with Gasteiger partial charge in [0.25, 0.3) is 10.2 Å². The smallest absolute Gasteiger partial charge is 0.296 e. The minimum Gasteiger partial charge on any atom is -0.320 e.